The van der Waals surface area contributed by atoms with Crippen LogP contribution in [-0.4, -0.2) is 22.6 Å². The fourth-order valence-electron chi connectivity index (χ4n) is 1.80. The van der Waals surface area contributed by atoms with Gasteiger partial charge in [-0.2, -0.15) is 4.98 Å². The summed E-state index contributed by atoms with van der Waals surface area (Å²) in [6.07, 6.45) is -0.303. The predicted octanol–water partition coefficient (Wildman–Crippen LogP) is 3.65. The number of nitrogens with one attached hydrogen (secondary N) is 1. The monoisotopic (exact) mass is 371 g/mol. The van der Waals surface area contributed by atoms with Crippen LogP contribution in [0.3, 0.4) is 0 Å². The average molecular weight is 373 g/mol. The molecule has 0 saturated carbocycles. The Hall–Kier alpha value is -0.570. The van der Waals surface area contributed by atoms with Crippen LogP contribution >= 0.6 is 39.7 Å². The molecule has 1 N–H and O–H groups in total. The van der Waals surface area contributed by atoms with Gasteiger partial charge in [-0.15, -0.1) is 23.7 Å². The van der Waals surface area contributed by atoms with Gasteiger partial charge >= 0.3 is 0 Å². The van der Waals surface area contributed by atoms with E-state index in [1.165, 1.54) is 11.3 Å². The van der Waals surface area contributed by atoms with E-state index in [2.05, 4.69) is 31.4 Å². The average Bonchev–Trinajstić information content (AvgIpc) is 2.96. The summed E-state index contributed by atoms with van der Waals surface area (Å²) in [4.78, 5) is 4.99. The van der Waals surface area contributed by atoms with E-state index < -0.39 is 12.0 Å². The highest BCUT2D eigenvalue weighted by Gasteiger charge is 2.42. The highest BCUT2D eigenvalue weighted by molar-refractivity contribution is 9.10. The molecule has 0 amide bonds. The van der Waals surface area contributed by atoms with Crippen molar-refractivity contribution in [3.05, 3.63) is 21.8 Å². The van der Waals surface area contributed by atoms with Crippen molar-refractivity contribution in [1.82, 2.24) is 15.5 Å². The van der Waals surface area contributed by atoms with Crippen LogP contribution < -0.4 is 5.32 Å². The largest absolute Gasteiger partial charge is 0.337 e. The third kappa shape index (κ3) is 3.13. The SMILES string of the molecule is Cl.FC1(F)CNC(c2nc(-c3cc(Br)cs3)no2)C1. The third-order valence-corrected chi connectivity index (χ3v) is 4.32. The van der Waals surface area contributed by atoms with Gasteiger partial charge in [-0.3, -0.25) is 5.32 Å². The number of thiophene rings is 1. The summed E-state index contributed by atoms with van der Waals surface area (Å²) in [5.74, 6) is -2.06. The van der Waals surface area contributed by atoms with Crippen molar-refractivity contribution < 1.29 is 13.3 Å². The molecule has 0 spiro atoms. The standard InChI is InChI=1S/C10H8BrF2N3OS.ClH/c11-5-1-7(18-3-5)8-15-9(17-16-8)6-2-10(12,13)4-14-6;/h1,3,6,14H,2,4H2;1H. The second-order valence-electron chi connectivity index (χ2n) is 4.08. The molecule has 0 bridgehead atoms. The molecule has 3 heterocycles. The van der Waals surface area contributed by atoms with Gasteiger partial charge in [-0.1, -0.05) is 5.16 Å². The van der Waals surface area contributed by atoms with Crippen LogP contribution in [0.4, 0.5) is 8.78 Å². The molecule has 2 aromatic heterocycles. The van der Waals surface area contributed by atoms with Crippen molar-refractivity contribution in [2.24, 2.45) is 0 Å². The topological polar surface area (TPSA) is 51.0 Å². The van der Waals surface area contributed by atoms with E-state index in [9.17, 15) is 8.78 Å². The number of alkyl halides is 2. The molecule has 1 unspecified atom stereocenters. The summed E-state index contributed by atoms with van der Waals surface area (Å²) in [5, 5.41) is 8.39. The van der Waals surface area contributed by atoms with E-state index in [-0.39, 0.29) is 31.3 Å². The summed E-state index contributed by atoms with van der Waals surface area (Å²) in [6.45, 7) is -0.347. The zero-order chi connectivity index (χ0) is 12.8. The Morgan fingerprint density at radius 1 is 1.53 bits per heavy atom. The maximum absolute atomic E-state index is 13.1. The fourth-order valence-corrected chi connectivity index (χ4v) is 3.15. The van der Waals surface area contributed by atoms with Gasteiger partial charge in [-0.25, -0.2) is 8.78 Å². The fraction of sp³-hybridized carbons (Fsp3) is 0.400. The molecule has 1 atom stereocenters. The quantitative estimate of drug-likeness (QED) is 0.874. The maximum atomic E-state index is 13.1. The molecule has 3 rings (SSSR count). The maximum Gasteiger partial charge on any atom is 0.262 e. The molecule has 1 saturated heterocycles. The molecule has 2 aromatic rings. The van der Waals surface area contributed by atoms with Gasteiger partial charge < -0.3 is 4.52 Å². The van der Waals surface area contributed by atoms with Gasteiger partial charge in [0.25, 0.3) is 5.92 Å². The lowest BCUT2D eigenvalue weighted by molar-refractivity contribution is 0.0200. The van der Waals surface area contributed by atoms with E-state index in [0.717, 1.165) is 9.35 Å². The number of hydrogen-bond donors (Lipinski definition) is 1. The van der Waals surface area contributed by atoms with E-state index in [0.29, 0.717) is 5.82 Å². The van der Waals surface area contributed by atoms with E-state index in [4.69, 9.17) is 4.52 Å². The van der Waals surface area contributed by atoms with E-state index >= 15 is 0 Å². The molecule has 0 radical (unpaired) electrons. The minimum Gasteiger partial charge on any atom is -0.337 e. The number of halogens is 4. The highest BCUT2D eigenvalue weighted by Crippen LogP contribution is 2.34. The highest BCUT2D eigenvalue weighted by atomic mass is 79.9. The van der Waals surface area contributed by atoms with E-state index in [1.807, 2.05) is 11.4 Å². The summed E-state index contributed by atoms with van der Waals surface area (Å²) < 4.78 is 32.1. The van der Waals surface area contributed by atoms with Gasteiger partial charge in [-0.05, 0) is 22.0 Å². The van der Waals surface area contributed by atoms with Gasteiger partial charge in [0.1, 0.15) is 0 Å². The number of rotatable bonds is 2. The van der Waals surface area contributed by atoms with Crippen molar-refractivity contribution in [2.75, 3.05) is 6.54 Å². The minimum atomic E-state index is -2.70. The van der Waals surface area contributed by atoms with Crippen LogP contribution in [0.1, 0.15) is 18.4 Å². The molecule has 1 aliphatic rings. The van der Waals surface area contributed by atoms with Gasteiger partial charge in [0.05, 0.1) is 17.5 Å². The molecule has 9 heteroatoms. The van der Waals surface area contributed by atoms with Crippen LogP contribution in [0, 0.1) is 0 Å². The van der Waals surface area contributed by atoms with Crippen molar-refractivity contribution >= 4 is 39.7 Å². The lowest BCUT2D eigenvalue weighted by atomic mass is 10.2. The summed E-state index contributed by atoms with van der Waals surface area (Å²) in [5.41, 5.74) is 0. The molecule has 1 aliphatic heterocycles. The van der Waals surface area contributed by atoms with Gasteiger partial charge in [0.15, 0.2) is 0 Å². The normalized spacial score (nSPS) is 21.3. The predicted molar refractivity (Wildman–Crippen MR) is 72.9 cm³/mol. The molecule has 0 aliphatic carbocycles. The van der Waals surface area contributed by atoms with Crippen LogP contribution in [0.25, 0.3) is 10.7 Å². The first-order chi connectivity index (χ1) is 8.53. The van der Waals surface area contributed by atoms with Gasteiger partial charge in [0, 0.05) is 16.3 Å². The van der Waals surface area contributed by atoms with Crippen LogP contribution in [0.15, 0.2) is 20.4 Å². The van der Waals surface area contributed by atoms with E-state index in [1.54, 1.807) is 0 Å². The van der Waals surface area contributed by atoms with Gasteiger partial charge in [0.2, 0.25) is 11.7 Å². The zero-order valence-corrected chi connectivity index (χ0v) is 12.6. The molecule has 1 fully saturated rings. The molecular weight excluding hydrogens is 364 g/mol. The Balaban J connectivity index is 0.00000133. The number of aromatic nitrogens is 2. The minimum absolute atomic E-state index is 0. The molecule has 4 nitrogen and oxygen atoms in total. The second-order valence-corrected chi connectivity index (χ2v) is 5.91. The summed E-state index contributed by atoms with van der Waals surface area (Å²) in [6, 6.07) is 1.29. The van der Waals surface area contributed by atoms with Crippen molar-refractivity contribution in [3.8, 4) is 10.7 Å². The molecule has 19 heavy (non-hydrogen) atoms. The first-order valence-electron chi connectivity index (χ1n) is 5.23. The summed E-state index contributed by atoms with van der Waals surface area (Å²) >= 11 is 4.79. The Morgan fingerprint density at radius 2 is 2.32 bits per heavy atom. The summed E-state index contributed by atoms with van der Waals surface area (Å²) in [7, 11) is 0. The Bertz CT molecular complexity index is 577. The molecular formula is C10H9BrClF2N3OS. The lowest BCUT2D eigenvalue weighted by Gasteiger charge is -2.04. The van der Waals surface area contributed by atoms with Crippen LogP contribution in [-0.2, 0) is 0 Å². The molecule has 104 valence electrons. The van der Waals surface area contributed by atoms with Crippen LogP contribution in [0.5, 0.6) is 0 Å². The third-order valence-electron chi connectivity index (χ3n) is 2.64. The first kappa shape index (κ1) is 14.8. The Morgan fingerprint density at radius 3 is 2.89 bits per heavy atom. The lowest BCUT2D eigenvalue weighted by Crippen LogP contribution is -2.19. The first-order valence-corrected chi connectivity index (χ1v) is 6.90. The van der Waals surface area contributed by atoms with Crippen molar-refractivity contribution in [3.63, 3.8) is 0 Å². The zero-order valence-electron chi connectivity index (χ0n) is 9.40. The Labute approximate surface area is 126 Å². The van der Waals surface area contributed by atoms with Crippen molar-refractivity contribution in [2.45, 2.75) is 18.4 Å². The Kier molecular flexibility index (Phi) is 4.24. The number of nitrogens with zero attached hydrogens (tertiary/aromatic N) is 2. The smallest absolute Gasteiger partial charge is 0.262 e. The number of hydrogen-bond acceptors (Lipinski definition) is 5. The van der Waals surface area contributed by atoms with Crippen LogP contribution in [0.2, 0.25) is 0 Å². The molecule has 0 aromatic carbocycles. The second kappa shape index (κ2) is 5.43. The van der Waals surface area contributed by atoms with Crippen molar-refractivity contribution in [1.29, 1.82) is 0 Å².